The van der Waals surface area contributed by atoms with Gasteiger partial charge in [0.2, 0.25) is 0 Å². The van der Waals surface area contributed by atoms with Crippen molar-refractivity contribution in [3.63, 3.8) is 0 Å². The molecule has 0 spiro atoms. The summed E-state index contributed by atoms with van der Waals surface area (Å²) in [5.41, 5.74) is 1.38. The van der Waals surface area contributed by atoms with Crippen LogP contribution in [0.2, 0.25) is 0 Å². The first-order valence-corrected chi connectivity index (χ1v) is 9.99. The van der Waals surface area contributed by atoms with Crippen LogP contribution in [0.4, 0.5) is 8.78 Å². The van der Waals surface area contributed by atoms with E-state index in [1.165, 1.54) is 0 Å². The minimum absolute atomic E-state index is 0.00982. The highest BCUT2D eigenvalue weighted by Gasteiger charge is 2.34. The zero-order chi connectivity index (χ0) is 20.0. The number of allylic oxidation sites excluding steroid dienone is 5. The number of halogens is 2. The topological polar surface area (TPSA) is 57.5 Å². The lowest BCUT2D eigenvalue weighted by Crippen LogP contribution is -2.29. The van der Waals surface area contributed by atoms with Crippen molar-refractivity contribution in [1.29, 1.82) is 0 Å². The maximum Gasteiger partial charge on any atom is 0.303 e. The third kappa shape index (κ3) is 6.56. The fourth-order valence-corrected chi connectivity index (χ4v) is 4.49. The Balaban J connectivity index is 2.24. The van der Waals surface area contributed by atoms with Crippen LogP contribution in [-0.4, -0.2) is 28.7 Å². The minimum Gasteiger partial charge on any atom is -0.481 e. The van der Waals surface area contributed by atoms with Crippen molar-refractivity contribution >= 4 is 5.97 Å². The summed E-state index contributed by atoms with van der Waals surface area (Å²) < 4.78 is 27.6. The van der Waals surface area contributed by atoms with Gasteiger partial charge in [-0.1, -0.05) is 36.3 Å². The number of aliphatic carboxylic acids is 1. The summed E-state index contributed by atoms with van der Waals surface area (Å²) in [7, 11) is 0. The van der Waals surface area contributed by atoms with Crippen LogP contribution in [0.15, 0.2) is 35.5 Å². The molecule has 0 saturated carbocycles. The molecule has 0 saturated heterocycles. The van der Waals surface area contributed by atoms with Crippen molar-refractivity contribution in [2.75, 3.05) is 0 Å². The normalized spacial score (nSPS) is 31.3. The molecular formula is C22H32F2O3. The molecule has 3 nitrogen and oxygen atoms in total. The fraction of sp³-hybridized carbons (Fsp3) is 0.682. The van der Waals surface area contributed by atoms with Crippen LogP contribution in [0.1, 0.15) is 58.8 Å². The van der Waals surface area contributed by atoms with Gasteiger partial charge in [-0.3, -0.25) is 4.79 Å². The van der Waals surface area contributed by atoms with E-state index in [0.29, 0.717) is 19.3 Å². The lowest BCUT2D eigenvalue weighted by molar-refractivity contribution is -0.137. The molecule has 0 aromatic carbocycles. The van der Waals surface area contributed by atoms with E-state index in [9.17, 15) is 18.7 Å². The lowest BCUT2D eigenvalue weighted by atomic mass is 9.72. The van der Waals surface area contributed by atoms with E-state index in [0.717, 1.165) is 24.8 Å². The Kier molecular flexibility index (Phi) is 8.21. The number of alkyl halides is 2. The number of hydrogen-bond acceptors (Lipinski definition) is 2. The summed E-state index contributed by atoms with van der Waals surface area (Å²) in [6.07, 6.45) is 8.59. The average Bonchev–Trinajstić information content (AvgIpc) is 2.80. The summed E-state index contributed by atoms with van der Waals surface area (Å²) in [4.78, 5) is 11.0. The van der Waals surface area contributed by atoms with Crippen molar-refractivity contribution in [3.05, 3.63) is 35.5 Å². The van der Waals surface area contributed by atoms with E-state index in [2.05, 4.69) is 0 Å². The Bertz CT molecular complexity index is 590. The predicted molar refractivity (Wildman–Crippen MR) is 103 cm³/mol. The molecule has 0 aromatic rings. The zero-order valence-electron chi connectivity index (χ0n) is 16.3. The van der Waals surface area contributed by atoms with Gasteiger partial charge in [0, 0.05) is 6.42 Å². The van der Waals surface area contributed by atoms with Crippen LogP contribution in [0.5, 0.6) is 0 Å². The largest absolute Gasteiger partial charge is 0.481 e. The number of carboxylic acids is 1. The molecule has 5 atom stereocenters. The molecule has 152 valence electrons. The molecule has 2 aliphatic carbocycles. The molecule has 5 heteroatoms. The highest BCUT2D eigenvalue weighted by Crippen LogP contribution is 2.41. The third-order valence-corrected chi connectivity index (χ3v) is 5.90. The van der Waals surface area contributed by atoms with Gasteiger partial charge in [0.1, 0.15) is 0 Å². The van der Waals surface area contributed by atoms with Crippen LogP contribution in [-0.2, 0) is 4.79 Å². The average molecular weight is 382 g/mol. The Hall–Kier alpha value is -1.49. The van der Waals surface area contributed by atoms with Crippen LogP contribution in [0.3, 0.4) is 0 Å². The molecule has 2 aliphatic rings. The summed E-state index contributed by atoms with van der Waals surface area (Å²) >= 11 is 0. The fourth-order valence-electron chi connectivity index (χ4n) is 4.49. The SMILES string of the molecule is CC(C)=CCC1CCCC(C2C=CC(O)CC2CCC(=O)O)C=C1C(F)F. The summed E-state index contributed by atoms with van der Waals surface area (Å²) in [5.74, 6) is -0.975. The summed E-state index contributed by atoms with van der Waals surface area (Å²) in [5, 5.41) is 19.0. The van der Waals surface area contributed by atoms with Crippen molar-refractivity contribution in [1.82, 2.24) is 0 Å². The van der Waals surface area contributed by atoms with E-state index in [1.54, 1.807) is 12.2 Å². The summed E-state index contributed by atoms with van der Waals surface area (Å²) in [6.45, 7) is 3.97. The van der Waals surface area contributed by atoms with E-state index < -0.39 is 18.5 Å². The zero-order valence-corrected chi connectivity index (χ0v) is 16.3. The van der Waals surface area contributed by atoms with E-state index in [4.69, 9.17) is 5.11 Å². The highest BCUT2D eigenvalue weighted by atomic mass is 19.3. The van der Waals surface area contributed by atoms with Crippen molar-refractivity contribution in [3.8, 4) is 0 Å². The van der Waals surface area contributed by atoms with Crippen LogP contribution in [0, 0.1) is 23.7 Å². The van der Waals surface area contributed by atoms with Gasteiger partial charge in [0.25, 0.3) is 6.43 Å². The molecule has 0 radical (unpaired) electrons. The molecule has 0 bridgehead atoms. The first kappa shape index (κ1) is 21.8. The Morgan fingerprint density at radius 1 is 1.30 bits per heavy atom. The van der Waals surface area contributed by atoms with Gasteiger partial charge in [-0.2, -0.15) is 0 Å². The molecule has 27 heavy (non-hydrogen) atoms. The summed E-state index contributed by atoms with van der Waals surface area (Å²) in [6, 6.07) is 0. The lowest BCUT2D eigenvalue weighted by Gasteiger charge is -2.34. The molecule has 0 heterocycles. The second-order valence-electron chi connectivity index (χ2n) is 8.23. The standard InChI is InChI=1S/C22H32F2O3/c1-14(2)6-7-15-4-3-5-16(13-20(15)22(23)24)19-10-9-18(25)12-17(19)8-11-21(26)27/h6,9-10,13,15-19,22,25H,3-5,7-8,11-12H2,1-2H3,(H,26,27). The van der Waals surface area contributed by atoms with Gasteiger partial charge in [-0.15, -0.1) is 0 Å². The first-order valence-electron chi connectivity index (χ1n) is 9.99. The quantitative estimate of drug-likeness (QED) is 0.582. The van der Waals surface area contributed by atoms with Gasteiger partial charge < -0.3 is 10.2 Å². The minimum atomic E-state index is -2.46. The Labute approximate surface area is 160 Å². The number of aliphatic hydroxyl groups is 1. The molecular weight excluding hydrogens is 350 g/mol. The van der Waals surface area contributed by atoms with Gasteiger partial charge >= 0.3 is 5.97 Å². The molecule has 0 aromatic heterocycles. The number of aliphatic hydroxyl groups excluding tert-OH is 1. The van der Waals surface area contributed by atoms with Crippen molar-refractivity contribution in [2.45, 2.75) is 71.3 Å². The number of carbonyl (C=O) groups is 1. The van der Waals surface area contributed by atoms with E-state index >= 15 is 0 Å². The van der Waals surface area contributed by atoms with Gasteiger partial charge in [0.05, 0.1) is 6.10 Å². The van der Waals surface area contributed by atoms with Crippen molar-refractivity contribution in [2.24, 2.45) is 23.7 Å². The first-order chi connectivity index (χ1) is 12.8. The molecule has 0 fully saturated rings. The van der Waals surface area contributed by atoms with Crippen LogP contribution >= 0.6 is 0 Å². The molecule has 2 rings (SSSR count). The second-order valence-corrected chi connectivity index (χ2v) is 8.23. The number of rotatable bonds is 7. The predicted octanol–water partition coefficient (Wildman–Crippen LogP) is 5.37. The second kappa shape index (κ2) is 10.2. The van der Waals surface area contributed by atoms with E-state index in [1.807, 2.05) is 26.0 Å². The van der Waals surface area contributed by atoms with Crippen molar-refractivity contribution < 1.29 is 23.8 Å². The third-order valence-electron chi connectivity index (χ3n) is 5.90. The smallest absolute Gasteiger partial charge is 0.303 e. The number of hydrogen-bond donors (Lipinski definition) is 2. The van der Waals surface area contributed by atoms with Crippen LogP contribution in [0.25, 0.3) is 0 Å². The van der Waals surface area contributed by atoms with Gasteiger partial charge in [0.15, 0.2) is 0 Å². The van der Waals surface area contributed by atoms with Gasteiger partial charge in [-0.25, -0.2) is 8.78 Å². The molecule has 5 unspecified atom stereocenters. The van der Waals surface area contributed by atoms with Gasteiger partial charge in [-0.05, 0) is 75.2 Å². The molecule has 0 aliphatic heterocycles. The highest BCUT2D eigenvalue weighted by molar-refractivity contribution is 5.66. The number of carboxylic acid groups (broad SMARTS) is 1. The Morgan fingerprint density at radius 3 is 2.67 bits per heavy atom. The Morgan fingerprint density at radius 2 is 2.04 bits per heavy atom. The monoisotopic (exact) mass is 382 g/mol. The maximum atomic E-state index is 13.8. The van der Waals surface area contributed by atoms with E-state index in [-0.39, 0.29) is 35.7 Å². The molecule has 2 N–H and O–H groups in total. The maximum absolute atomic E-state index is 13.8. The van der Waals surface area contributed by atoms with Crippen LogP contribution < -0.4 is 0 Å². The molecule has 0 amide bonds.